The number of aromatic nitrogens is 1. The zero-order valence-electron chi connectivity index (χ0n) is 14.8. The van der Waals surface area contributed by atoms with Gasteiger partial charge < -0.3 is 9.30 Å². The van der Waals surface area contributed by atoms with E-state index in [4.69, 9.17) is 4.74 Å². The highest BCUT2D eigenvalue weighted by molar-refractivity contribution is 6.00. The fourth-order valence-electron chi connectivity index (χ4n) is 4.33. The number of nitrogens with zero attached hydrogens (tertiary/aromatic N) is 1. The van der Waals surface area contributed by atoms with Crippen molar-refractivity contribution in [2.24, 2.45) is 7.05 Å². The molecule has 1 aliphatic carbocycles. The number of hydrogen-bond donors (Lipinski definition) is 0. The number of fused-ring (bicyclic) bond motifs is 1. The molecule has 0 saturated heterocycles. The lowest BCUT2D eigenvalue weighted by Crippen LogP contribution is -2.39. The van der Waals surface area contributed by atoms with Gasteiger partial charge in [-0.1, -0.05) is 36.8 Å². The first-order valence-corrected chi connectivity index (χ1v) is 8.89. The molecule has 1 aliphatic rings. The molecule has 1 saturated carbocycles. The van der Waals surface area contributed by atoms with Crippen LogP contribution in [0.4, 0.5) is 0 Å². The first kappa shape index (κ1) is 15.9. The molecule has 0 aliphatic heterocycles. The molecule has 0 N–H and O–H groups in total. The number of hydrogen-bond acceptors (Lipinski definition) is 2. The van der Waals surface area contributed by atoms with Crippen LogP contribution in [0.5, 0.6) is 5.75 Å². The third-order valence-corrected chi connectivity index (χ3v) is 5.62. The van der Waals surface area contributed by atoms with E-state index in [1.807, 2.05) is 12.1 Å². The van der Waals surface area contributed by atoms with Crippen LogP contribution in [0.25, 0.3) is 10.9 Å². The summed E-state index contributed by atoms with van der Waals surface area (Å²) >= 11 is 0. The Balaban J connectivity index is 1.98. The van der Waals surface area contributed by atoms with Gasteiger partial charge in [-0.15, -0.1) is 0 Å². The molecule has 1 fully saturated rings. The average molecular weight is 333 g/mol. The predicted molar refractivity (Wildman–Crippen MR) is 100 cm³/mol. The summed E-state index contributed by atoms with van der Waals surface area (Å²) in [4.78, 5) is 13.3. The van der Waals surface area contributed by atoms with Crippen LogP contribution in [0.1, 0.15) is 36.8 Å². The number of carbonyl (C=O) groups is 1. The Morgan fingerprint density at radius 3 is 2.52 bits per heavy atom. The number of Topliss-reactive ketones (excluding diaryl/α,β-unsaturated/α-hetero) is 1. The standard InChI is InChI=1S/C22H23NO2/c1-23-15-19(18-7-3-4-8-20(18)23)22(14-6-5-9-21(22)24)16-10-12-17(25-2)13-11-16/h3-4,7-8,10-13,15H,5-6,9,14H2,1-2H3. The maximum atomic E-state index is 13.3. The van der Waals surface area contributed by atoms with E-state index < -0.39 is 5.41 Å². The predicted octanol–water partition coefficient (Wildman–Crippen LogP) is 4.62. The third kappa shape index (κ3) is 2.38. The lowest BCUT2D eigenvalue weighted by atomic mass is 9.64. The maximum Gasteiger partial charge on any atom is 0.147 e. The van der Waals surface area contributed by atoms with E-state index in [1.54, 1.807) is 7.11 Å². The minimum absolute atomic E-state index is 0.334. The van der Waals surface area contributed by atoms with E-state index in [1.165, 1.54) is 10.9 Å². The molecule has 4 rings (SSSR count). The summed E-state index contributed by atoms with van der Waals surface area (Å²) in [6.45, 7) is 0. The second-order valence-electron chi connectivity index (χ2n) is 6.93. The summed E-state index contributed by atoms with van der Waals surface area (Å²) in [5, 5.41) is 1.18. The molecule has 0 bridgehead atoms. The van der Waals surface area contributed by atoms with E-state index in [0.717, 1.165) is 36.1 Å². The second kappa shape index (κ2) is 6.07. The largest absolute Gasteiger partial charge is 0.497 e. The van der Waals surface area contributed by atoms with E-state index >= 15 is 0 Å². The quantitative estimate of drug-likeness (QED) is 0.700. The molecule has 3 nitrogen and oxygen atoms in total. The maximum absolute atomic E-state index is 13.3. The molecule has 25 heavy (non-hydrogen) atoms. The number of benzene rings is 2. The average Bonchev–Trinajstić information content (AvgIpc) is 3.00. The van der Waals surface area contributed by atoms with Crippen LogP contribution in [0.3, 0.4) is 0 Å². The molecule has 1 aromatic heterocycles. The molecule has 3 heteroatoms. The second-order valence-corrected chi connectivity index (χ2v) is 6.93. The number of carbonyl (C=O) groups excluding carboxylic acids is 1. The number of ketones is 1. The van der Waals surface area contributed by atoms with Crippen molar-refractivity contribution in [1.82, 2.24) is 4.57 Å². The monoisotopic (exact) mass is 333 g/mol. The smallest absolute Gasteiger partial charge is 0.147 e. The zero-order chi connectivity index (χ0) is 17.4. The van der Waals surface area contributed by atoms with Crippen molar-refractivity contribution in [3.05, 3.63) is 65.9 Å². The Kier molecular flexibility index (Phi) is 3.87. The van der Waals surface area contributed by atoms with Crippen molar-refractivity contribution < 1.29 is 9.53 Å². The lowest BCUT2D eigenvalue weighted by molar-refractivity contribution is -0.124. The van der Waals surface area contributed by atoms with Crippen LogP contribution in [0.2, 0.25) is 0 Å². The Morgan fingerprint density at radius 2 is 1.80 bits per heavy atom. The van der Waals surface area contributed by atoms with Gasteiger partial charge >= 0.3 is 0 Å². The molecule has 0 spiro atoms. The Morgan fingerprint density at radius 1 is 1.04 bits per heavy atom. The fourth-order valence-corrected chi connectivity index (χ4v) is 4.33. The van der Waals surface area contributed by atoms with Crippen LogP contribution in [0.15, 0.2) is 54.7 Å². The number of aryl methyl sites for hydroxylation is 1. The van der Waals surface area contributed by atoms with Crippen molar-refractivity contribution in [2.75, 3.05) is 7.11 Å². The van der Waals surface area contributed by atoms with Gasteiger partial charge in [0.25, 0.3) is 0 Å². The number of rotatable bonds is 3. The van der Waals surface area contributed by atoms with Gasteiger partial charge in [0.2, 0.25) is 0 Å². The summed E-state index contributed by atoms with van der Waals surface area (Å²) < 4.78 is 7.44. The van der Waals surface area contributed by atoms with Gasteiger partial charge in [0.1, 0.15) is 11.5 Å². The normalized spacial score (nSPS) is 20.8. The van der Waals surface area contributed by atoms with Gasteiger partial charge in [0.05, 0.1) is 12.5 Å². The molecule has 1 atom stereocenters. The molecule has 1 unspecified atom stereocenters. The van der Waals surface area contributed by atoms with Crippen LogP contribution in [0, 0.1) is 0 Å². The minimum Gasteiger partial charge on any atom is -0.497 e. The van der Waals surface area contributed by atoms with E-state index in [-0.39, 0.29) is 0 Å². The van der Waals surface area contributed by atoms with Gasteiger partial charge in [-0.2, -0.15) is 0 Å². The summed E-state index contributed by atoms with van der Waals surface area (Å²) in [6, 6.07) is 16.4. The summed E-state index contributed by atoms with van der Waals surface area (Å²) in [5.41, 5.74) is 2.84. The molecule has 3 aromatic rings. The van der Waals surface area contributed by atoms with Crippen LogP contribution < -0.4 is 4.74 Å². The van der Waals surface area contributed by atoms with E-state index in [0.29, 0.717) is 12.2 Å². The summed E-state index contributed by atoms with van der Waals surface area (Å²) in [5.74, 6) is 1.15. The summed E-state index contributed by atoms with van der Waals surface area (Å²) in [7, 11) is 3.72. The van der Waals surface area contributed by atoms with E-state index in [9.17, 15) is 4.79 Å². The van der Waals surface area contributed by atoms with Gasteiger partial charge in [0, 0.05) is 30.6 Å². The molecule has 128 valence electrons. The first-order chi connectivity index (χ1) is 12.2. The van der Waals surface area contributed by atoms with Gasteiger partial charge in [0.15, 0.2) is 0 Å². The first-order valence-electron chi connectivity index (χ1n) is 8.89. The number of para-hydroxylation sites is 1. The van der Waals surface area contributed by atoms with Gasteiger partial charge in [-0.25, -0.2) is 0 Å². The molecular weight excluding hydrogens is 310 g/mol. The third-order valence-electron chi connectivity index (χ3n) is 5.62. The highest BCUT2D eigenvalue weighted by Crippen LogP contribution is 2.45. The molecule has 0 radical (unpaired) electrons. The molecular formula is C22H23NO2. The molecule has 1 heterocycles. The fraction of sp³-hybridized carbons (Fsp3) is 0.318. The highest BCUT2D eigenvalue weighted by Gasteiger charge is 2.44. The zero-order valence-corrected chi connectivity index (χ0v) is 14.8. The van der Waals surface area contributed by atoms with Crippen LogP contribution in [-0.2, 0) is 17.3 Å². The van der Waals surface area contributed by atoms with Crippen molar-refractivity contribution in [3.63, 3.8) is 0 Å². The summed E-state index contributed by atoms with van der Waals surface area (Å²) in [6.07, 6.45) is 5.72. The van der Waals surface area contributed by atoms with Crippen LogP contribution in [-0.4, -0.2) is 17.5 Å². The highest BCUT2D eigenvalue weighted by atomic mass is 16.5. The SMILES string of the molecule is COc1ccc(C2(c3cn(C)c4ccccc34)CCCCC2=O)cc1. The van der Waals surface area contributed by atoms with Gasteiger partial charge in [-0.3, -0.25) is 4.79 Å². The molecule has 0 amide bonds. The van der Waals surface area contributed by atoms with Crippen molar-refractivity contribution >= 4 is 16.7 Å². The van der Waals surface area contributed by atoms with Crippen molar-refractivity contribution in [3.8, 4) is 5.75 Å². The number of ether oxygens (including phenoxy) is 1. The Labute approximate surface area is 148 Å². The topological polar surface area (TPSA) is 31.2 Å². The minimum atomic E-state index is -0.550. The molecule has 2 aromatic carbocycles. The van der Waals surface area contributed by atoms with Gasteiger partial charge in [-0.05, 0) is 42.2 Å². The lowest BCUT2D eigenvalue weighted by Gasteiger charge is -2.36. The van der Waals surface area contributed by atoms with Crippen molar-refractivity contribution in [1.29, 1.82) is 0 Å². The van der Waals surface area contributed by atoms with E-state index in [2.05, 4.69) is 54.2 Å². The number of methoxy groups -OCH3 is 1. The Hall–Kier alpha value is -2.55. The van der Waals surface area contributed by atoms with Crippen LogP contribution >= 0.6 is 0 Å². The van der Waals surface area contributed by atoms with Crippen molar-refractivity contribution in [2.45, 2.75) is 31.1 Å². The Bertz CT molecular complexity index is 923.